The van der Waals surface area contributed by atoms with Gasteiger partial charge in [-0.2, -0.15) is 0 Å². The molecule has 1 atom stereocenters. The van der Waals surface area contributed by atoms with E-state index in [1.54, 1.807) is 0 Å². The van der Waals surface area contributed by atoms with Crippen molar-refractivity contribution in [1.82, 2.24) is 10.2 Å². The summed E-state index contributed by atoms with van der Waals surface area (Å²) in [7, 11) is 0. The molecular weight excluding hydrogens is 398 g/mol. The number of aromatic nitrogens is 2. The minimum atomic E-state index is -0.537. The van der Waals surface area contributed by atoms with Crippen LogP contribution in [0.25, 0.3) is 0 Å². The molecule has 154 valence electrons. The summed E-state index contributed by atoms with van der Waals surface area (Å²) in [6.45, 7) is -0.0304. The van der Waals surface area contributed by atoms with Gasteiger partial charge in [-0.05, 0) is 48.5 Å². The molecular formula is C20H16F2N4O4. The van der Waals surface area contributed by atoms with Gasteiger partial charge in [0.2, 0.25) is 11.8 Å². The van der Waals surface area contributed by atoms with Gasteiger partial charge in [-0.25, -0.2) is 8.78 Å². The Morgan fingerprint density at radius 3 is 2.47 bits per heavy atom. The second-order valence-corrected chi connectivity index (χ2v) is 6.62. The van der Waals surface area contributed by atoms with E-state index in [9.17, 15) is 18.4 Å². The largest absolute Gasteiger partial charge is 0.484 e. The summed E-state index contributed by atoms with van der Waals surface area (Å²) in [5.41, 5.74) is 0.579. The molecule has 2 amide bonds. The van der Waals surface area contributed by atoms with Crippen molar-refractivity contribution >= 4 is 23.5 Å². The van der Waals surface area contributed by atoms with Crippen molar-refractivity contribution in [1.29, 1.82) is 0 Å². The van der Waals surface area contributed by atoms with Crippen molar-refractivity contribution in [2.75, 3.05) is 23.4 Å². The third-order valence-corrected chi connectivity index (χ3v) is 4.48. The molecule has 8 nitrogen and oxygen atoms in total. The fraction of sp³-hybridized carbons (Fsp3) is 0.200. The summed E-state index contributed by atoms with van der Waals surface area (Å²) in [6.07, 6.45) is 0.153. The molecule has 0 saturated carbocycles. The Kier molecular flexibility index (Phi) is 5.38. The fourth-order valence-electron chi connectivity index (χ4n) is 3.03. The van der Waals surface area contributed by atoms with Gasteiger partial charge >= 0.3 is 6.01 Å². The standard InChI is InChI=1S/C20H16F2N4O4/c21-13-1-5-15(6-2-13)26-10-12(9-18(26)28)19-24-25-20(30-19)23-17(27)11-29-16-7-3-14(22)4-8-16/h1-8,12H,9-11H2,(H,23,25,27). The van der Waals surface area contributed by atoms with Gasteiger partial charge in [-0.15, -0.1) is 5.10 Å². The van der Waals surface area contributed by atoms with Crippen LogP contribution in [0.15, 0.2) is 52.9 Å². The molecule has 0 spiro atoms. The summed E-state index contributed by atoms with van der Waals surface area (Å²) < 4.78 is 36.7. The quantitative estimate of drug-likeness (QED) is 0.666. The topological polar surface area (TPSA) is 97.6 Å². The van der Waals surface area contributed by atoms with Crippen LogP contribution in [-0.4, -0.2) is 35.2 Å². The van der Waals surface area contributed by atoms with Gasteiger partial charge in [0.1, 0.15) is 17.4 Å². The van der Waals surface area contributed by atoms with Crippen LogP contribution in [-0.2, 0) is 9.59 Å². The number of hydrogen-bond donors (Lipinski definition) is 1. The highest BCUT2D eigenvalue weighted by Crippen LogP contribution is 2.31. The van der Waals surface area contributed by atoms with Crippen molar-refractivity contribution in [3.63, 3.8) is 0 Å². The highest BCUT2D eigenvalue weighted by atomic mass is 19.1. The van der Waals surface area contributed by atoms with Crippen molar-refractivity contribution < 1.29 is 27.5 Å². The van der Waals surface area contributed by atoms with Gasteiger partial charge < -0.3 is 14.1 Å². The molecule has 30 heavy (non-hydrogen) atoms. The zero-order chi connectivity index (χ0) is 21.1. The molecule has 0 aliphatic carbocycles. The molecule has 2 aromatic carbocycles. The second-order valence-electron chi connectivity index (χ2n) is 6.62. The average Bonchev–Trinajstić information content (AvgIpc) is 3.35. The highest BCUT2D eigenvalue weighted by molar-refractivity contribution is 5.96. The molecule has 4 rings (SSSR count). The molecule has 0 radical (unpaired) electrons. The first-order chi connectivity index (χ1) is 14.5. The van der Waals surface area contributed by atoms with E-state index in [1.165, 1.54) is 53.4 Å². The first-order valence-corrected chi connectivity index (χ1v) is 9.05. The lowest BCUT2D eigenvalue weighted by Gasteiger charge is -2.15. The minimum absolute atomic E-state index is 0.120. The van der Waals surface area contributed by atoms with Crippen LogP contribution in [0.1, 0.15) is 18.2 Å². The van der Waals surface area contributed by atoms with Gasteiger partial charge in [-0.3, -0.25) is 14.9 Å². The smallest absolute Gasteiger partial charge is 0.322 e. The first-order valence-electron chi connectivity index (χ1n) is 9.05. The van der Waals surface area contributed by atoms with E-state index in [1.807, 2.05) is 0 Å². The lowest BCUT2D eigenvalue weighted by Crippen LogP contribution is -2.24. The predicted molar refractivity (Wildman–Crippen MR) is 101 cm³/mol. The van der Waals surface area contributed by atoms with Crippen LogP contribution in [0.5, 0.6) is 5.75 Å². The van der Waals surface area contributed by atoms with Crippen molar-refractivity contribution in [2.45, 2.75) is 12.3 Å². The zero-order valence-corrected chi connectivity index (χ0v) is 15.5. The van der Waals surface area contributed by atoms with Crippen LogP contribution in [0.2, 0.25) is 0 Å². The van der Waals surface area contributed by atoms with Crippen LogP contribution >= 0.6 is 0 Å². The number of hydrogen-bond acceptors (Lipinski definition) is 6. The highest BCUT2D eigenvalue weighted by Gasteiger charge is 2.35. The average molecular weight is 414 g/mol. The van der Waals surface area contributed by atoms with Gasteiger partial charge in [0.25, 0.3) is 5.91 Å². The Morgan fingerprint density at radius 1 is 1.10 bits per heavy atom. The van der Waals surface area contributed by atoms with Crippen LogP contribution in [0.4, 0.5) is 20.5 Å². The number of rotatable bonds is 6. The van der Waals surface area contributed by atoms with Crippen LogP contribution in [0, 0.1) is 11.6 Å². The van der Waals surface area contributed by atoms with E-state index in [-0.39, 0.29) is 42.6 Å². The zero-order valence-electron chi connectivity index (χ0n) is 15.5. The van der Waals surface area contributed by atoms with Crippen molar-refractivity contribution in [3.8, 4) is 5.75 Å². The summed E-state index contributed by atoms with van der Waals surface area (Å²) in [4.78, 5) is 25.8. The SMILES string of the molecule is O=C(COc1ccc(F)cc1)Nc1nnc(C2CC(=O)N(c3ccc(F)cc3)C2)o1. The van der Waals surface area contributed by atoms with Gasteiger partial charge in [0.15, 0.2) is 6.61 Å². The van der Waals surface area contributed by atoms with E-state index in [4.69, 9.17) is 9.15 Å². The molecule has 2 heterocycles. The van der Waals surface area contributed by atoms with E-state index in [0.29, 0.717) is 18.0 Å². The lowest BCUT2D eigenvalue weighted by molar-refractivity contribution is -0.118. The number of nitrogens with zero attached hydrogens (tertiary/aromatic N) is 3. The van der Waals surface area contributed by atoms with Gasteiger partial charge in [0, 0.05) is 18.7 Å². The summed E-state index contributed by atoms with van der Waals surface area (Å²) in [5.74, 6) is -1.29. The first kappa shape index (κ1) is 19.5. The van der Waals surface area contributed by atoms with Crippen molar-refractivity contribution in [2.24, 2.45) is 0 Å². The third kappa shape index (κ3) is 4.43. The normalized spacial score (nSPS) is 16.0. The summed E-state index contributed by atoms with van der Waals surface area (Å²) in [6, 6.07) is 10.7. The lowest BCUT2D eigenvalue weighted by atomic mass is 10.1. The molecule has 1 aromatic heterocycles. The number of ether oxygens (including phenoxy) is 1. The molecule has 3 aromatic rings. The number of amides is 2. The van der Waals surface area contributed by atoms with Gasteiger partial charge in [-0.1, -0.05) is 5.10 Å². The summed E-state index contributed by atoms with van der Waals surface area (Å²) >= 11 is 0. The second kappa shape index (κ2) is 8.27. The molecule has 10 heteroatoms. The molecule has 0 bridgehead atoms. The Balaban J connectivity index is 1.33. The molecule has 1 N–H and O–H groups in total. The minimum Gasteiger partial charge on any atom is -0.484 e. The number of halogens is 2. The van der Waals surface area contributed by atoms with Gasteiger partial charge in [0.05, 0.1) is 5.92 Å². The Morgan fingerprint density at radius 2 is 1.77 bits per heavy atom. The molecule has 1 aliphatic rings. The van der Waals surface area contributed by atoms with E-state index in [0.717, 1.165) is 0 Å². The van der Waals surface area contributed by atoms with Crippen molar-refractivity contribution in [3.05, 3.63) is 66.1 Å². The molecule has 1 unspecified atom stereocenters. The number of anilines is 2. The predicted octanol–water partition coefficient (Wildman–Crippen LogP) is 2.89. The maximum Gasteiger partial charge on any atom is 0.322 e. The monoisotopic (exact) mass is 414 g/mol. The fourth-order valence-corrected chi connectivity index (χ4v) is 3.03. The molecule has 1 aliphatic heterocycles. The Labute approximate surface area is 169 Å². The summed E-state index contributed by atoms with van der Waals surface area (Å²) in [5, 5.41) is 10.1. The number of carbonyl (C=O) groups is 2. The Bertz CT molecular complexity index is 1050. The van der Waals surface area contributed by atoms with E-state index >= 15 is 0 Å². The van der Waals surface area contributed by atoms with Crippen LogP contribution < -0.4 is 15.0 Å². The molecule has 1 saturated heterocycles. The third-order valence-electron chi connectivity index (χ3n) is 4.48. The number of carbonyl (C=O) groups excluding carboxylic acids is 2. The number of benzene rings is 2. The molecule has 1 fully saturated rings. The van der Waals surface area contributed by atoms with E-state index in [2.05, 4.69) is 15.5 Å². The van der Waals surface area contributed by atoms with E-state index < -0.39 is 11.7 Å². The Hall–Kier alpha value is -3.82. The maximum atomic E-state index is 13.1. The maximum absolute atomic E-state index is 13.1. The number of nitrogens with one attached hydrogen (secondary N) is 1. The van der Waals surface area contributed by atoms with Crippen LogP contribution in [0.3, 0.4) is 0 Å².